The van der Waals surface area contributed by atoms with Gasteiger partial charge in [-0.25, -0.2) is 4.79 Å². The minimum absolute atomic E-state index is 0.0469. The Kier molecular flexibility index (Phi) is 7.66. The van der Waals surface area contributed by atoms with Crippen molar-refractivity contribution in [1.29, 1.82) is 0 Å². The molecule has 5 heteroatoms. The maximum atomic E-state index is 11.3. The van der Waals surface area contributed by atoms with Crippen LogP contribution in [0.4, 0.5) is 5.69 Å². The zero-order valence-electron chi connectivity index (χ0n) is 15.5. The average molecular weight is 342 g/mol. The van der Waals surface area contributed by atoms with Crippen LogP contribution in [0.1, 0.15) is 33.2 Å². The average Bonchev–Trinajstić information content (AvgIpc) is 2.61. The van der Waals surface area contributed by atoms with Crippen LogP contribution in [-0.4, -0.2) is 50.1 Å². The van der Waals surface area contributed by atoms with Gasteiger partial charge in [0, 0.05) is 39.4 Å². The summed E-state index contributed by atoms with van der Waals surface area (Å²) in [6, 6.07) is 14.6. The van der Waals surface area contributed by atoms with E-state index in [0.29, 0.717) is 5.56 Å². The van der Waals surface area contributed by atoms with Crippen LogP contribution >= 0.6 is 0 Å². The number of hydrogen-bond acceptors (Lipinski definition) is 3. The topological polar surface area (TPSA) is 60.9 Å². The molecule has 5 nitrogen and oxygen atoms in total. The zero-order chi connectivity index (χ0) is 19.0. The van der Waals surface area contributed by atoms with Gasteiger partial charge in [-0.15, -0.1) is 0 Å². The van der Waals surface area contributed by atoms with Crippen LogP contribution < -0.4 is 4.90 Å². The molecule has 0 heterocycles. The number of hydrogen-bond donors (Lipinski definition) is 1. The maximum absolute atomic E-state index is 11.3. The molecule has 0 aliphatic heterocycles. The van der Waals surface area contributed by atoms with Crippen LogP contribution in [0, 0.1) is 0 Å². The number of nitrogens with zero attached hydrogens (tertiary/aromatic N) is 2. The van der Waals surface area contributed by atoms with Gasteiger partial charge in [0.1, 0.15) is 0 Å². The first-order valence-corrected chi connectivity index (χ1v) is 8.08. The summed E-state index contributed by atoms with van der Waals surface area (Å²) < 4.78 is 0. The highest BCUT2D eigenvalue weighted by atomic mass is 16.4. The molecular weight excluding hydrogens is 316 g/mol. The van der Waals surface area contributed by atoms with E-state index in [0.717, 1.165) is 23.2 Å². The summed E-state index contributed by atoms with van der Waals surface area (Å²) in [5.41, 5.74) is 3.05. The molecule has 0 saturated carbocycles. The van der Waals surface area contributed by atoms with Crippen molar-refractivity contribution < 1.29 is 14.7 Å². The lowest BCUT2D eigenvalue weighted by atomic mass is 10.0. The fraction of sp³-hybridized carbons (Fsp3) is 0.300. The summed E-state index contributed by atoms with van der Waals surface area (Å²) in [6.45, 7) is 1.96. The van der Waals surface area contributed by atoms with Gasteiger partial charge in [-0.1, -0.05) is 25.1 Å². The summed E-state index contributed by atoms with van der Waals surface area (Å²) in [5.74, 6) is -0.808. The minimum atomic E-state index is -0.854. The number of aryl methyl sites for hydroxylation is 1. The van der Waals surface area contributed by atoms with Crippen molar-refractivity contribution in [3.05, 3.63) is 65.2 Å². The Morgan fingerprint density at radius 1 is 0.960 bits per heavy atom. The van der Waals surface area contributed by atoms with E-state index in [2.05, 4.69) is 0 Å². The van der Waals surface area contributed by atoms with Crippen LogP contribution in [0.15, 0.2) is 48.5 Å². The monoisotopic (exact) mass is 342 g/mol. The third kappa shape index (κ3) is 5.95. The van der Waals surface area contributed by atoms with Gasteiger partial charge in [0.15, 0.2) is 0 Å². The number of anilines is 1. The number of carboxylic acid groups (broad SMARTS) is 1. The molecule has 0 radical (unpaired) electrons. The van der Waals surface area contributed by atoms with Crippen molar-refractivity contribution in [2.75, 3.05) is 33.1 Å². The van der Waals surface area contributed by atoms with Crippen molar-refractivity contribution >= 4 is 17.6 Å². The lowest BCUT2D eigenvalue weighted by Crippen LogP contribution is -2.21. The van der Waals surface area contributed by atoms with Crippen LogP contribution in [0.2, 0.25) is 0 Å². The predicted molar refractivity (Wildman–Crippen MR) is 102 cm³/mol. The van der Waals surface area contributed by atoms with E-state index in [1.807, 2.05) is 68.4 Å². The Morgan fingerprint density at radius 2 is 1.56 bits per heavy atom. The van der Waals surface area contributed by atoms with E-state index < -0.39 is 5.97 Å². The summed E-state index contributed by atoms with van der Waals surface area (Å²) >= 11 is 0. The summed E-state index contributed by atoms with van der Waals surface area (Å²) in [5, 5.41) is 8.91. The Balaban J connectivity index is 0.000000257. The molecule has 1 amide bonds. The van der Waals surface area contributed by atoms with Gasteiger partial charge in [-0.2, -0.15) is 0 Å². The van der Waals surface area contributed by atoms with E-state index in [9.17, 15) is 9.59 Å². The molecule has 0 aromatic heterocycles. The first-order chi connectivity index (χ1) is 11.8. The molecule has 0 atom stereocenters. The second kappa shape index (κ2) is 9.47. The van der Waals surface area contributed by atoms with E-state index in [4.69, 9.17) is 5.11 Å². The van der Waals surface area contributed by atoms with Gasteiger partial charge in [-0.05, 0) is 42.3 Å². The number of benzene rings is 2. The second-order valence-electron chi connectivity index (χ2n) is 5.96. The van der Waals surface area contributed by atoms with E-state index in [1.165, 1.54) is 0 Å². The number of carbonyl (C=O) groups excluding carboxylic acids is 1. The van der Waals surface area contributed by atoms with Crippen molar-refractivity contribution in [3.63, 3.8) is 0 Å². The highest BCUT2D eigenvalue weighted by Gasteiger charge is 2.09. The fourth-order valence-corrected chi connectivity index (χ4v) is 2.20. The first-order valence-electron chi connectivity index (χ1n) is 8.08. The first kappa shape index (κ1) is 20.2. The molecule has 2 aromatic carbocycles. The predicted octanol–water partition coefficient (Wildman–Crippen LogP) is 3.40. The standard InChI is InChI=1S/C11H15NO2.C9H11NO/c1-4-8-7-9(12(2)3)5-6-10(8)11(13)14;1-10(2)9(11)8-6-4-3-5-7-8/h5-7H,4H2,1-3H3,(H,13,14);3-7H,1-2H3. The Morgan fingerprint density at radius 3 is 2.00 bits per heavy atom. The van der Waals surface area contributed by atoms with Crippen LogP contribution in [-0.2, 0) is 6.42 Å². The van der Waals surface area contributed by atoms with Gasteiger partial charge < -0.3 is 14.9 Å². The molecule has 1 N–H and O–H groups in total. The molecule has 25 heavy (non-hydrogen) atoms. The highest BCUT2D eigenvalue weighted by Crippen LogP contribution is 2.18. The van der Waals surface area contributed by atoms with Gasteiger partial charge >= 0.3 is 5.97 Å². The van der Waals surface area contributed by atoms with E-state index >= 15 is 0 Å². The van der Waals surface area contributed by atoms with Crippen LogP contribution in [0.3, 0.4) is 0 Å². The third-order valence-electron chi connectivity index (χ3n) is 3.64. The Hall–Kier alpha value is -2.82. The van der Waals surface area contributed by atoms with Gasteiger partial charge in [0.25, 0.3) is 5.91 Å². The molecular formula is C20H26N2O3. The van der Waals surface area contributed by atoms with Gasteiger partial charge in [0.2, 0.25) is 0 Å². The zero-order valence-corrected chi connectivity index (χ0v) is 15.5. The molecule has 0 bridgehead atoms. The molecule has 0 saturated heterocycles. The number of carboxylic acids is 1. The van der Waals surface area contributed by atoms with Crippen molar-refractivity contribution in [3.8, 4) is 0 Å². The SMILES string of the molecule is CCc1cc(N(C)C)ccc1C(=O)O.CN(C)C(=O)c1ccccc1. The lowest BCUT2D eigenvalue weighted by Gasteiger charge is -2.14. The molecule has 2 aromatic rings. The van der Waals surface area contributed by atoms with E-state index in [-0.39, 0.29) is 5.91 Å². The summed E-state index contributed by atoms with van der Waals surface area (Å²) in [6.07, 6.45) is 0.739. The van der Waals surface area contributed by atoms with Gasteiger partial charge in [-0.3, -0.25) is 4.79 Å². The van der Waals surface area contributed by atoms with Crippen molar-refractivity contribution in [2.45, 2.75) is 13.3 Å². The maximum Gasteiger partial charge on any atom is 0.335 e. The number of aromatic carboxylic acids is 1. The quantitative estimate of drug-likeness (QED) is 0.925. The minimum Gasteiger partial charge on any atom is -0.478 e. The number of carbonyl (C=O) groups is 2. The number of rotatable bonds is 4. The molecule has 0 aliphatic rings. The second-order valence-corrected chi connectivity index (χ2v) is 5.96. The smallest absolute Gasteiger partial charge is 0.335 e. The van der Waals surface area contributed by atoms with E-state index in [1.54, 1.807) is 25.1 Å². The van der Waals surface area contributed by atoms with Gasteiger partial charge in [0.05, 0.1) is 5.56 Å². The van der Waals surface area contributed by atoms with Crippen LogP contribution in [0.5, 0.6) is 0 Å². The molecule has 0 aliphatic carbocycles. The molecule has 0 spiro atoms. The summed E-state index contributed by atoms with van der Waals surface area (Å²) in [4.78, 5) is 25.6. The normalized spacial score (nSPS) is 9.64. The van der Waals surface area contributed by atoms with Crippen molar-refractivity contribution in [1.82, 2.24) is 4.90 Å². The van der Waals surface area contributed by atoms with Crippen molar-refractivity contribution in [2.24, 2.45) is 0 Å². The summed E-state index contributed by atoms with van der Waals surface area (Å²) in [7, 11) is 7.37. The molecule has 2 rings (SSSR count). The molecule has 0 unspecified atom stereocenters. The molecule has 134 valence electrons. The molecule has 0 fully saturated rings. The Bertz CT molecular complexity index is 710. The Labute approximate surface area is 149 Å². The highest BCUT2D eigenvalue weighted by molar-refractivity contribution is 5.93. The fourth-order valence-electron chi connectivity index (χ4n) is 2.20. The lowest BCUT2D eigenvalue weighted by molar-refractivity contribution is 0.0695. The third-order valence-corrected chi connectivity index (χ3v) is 3.64. The number of amides is 1. The van der Waals surface area contributed by atoms with Crippen LogP contribution in [0.25, 0.3) is 0 Å². The largest absolute Gasteiger partial charge is 0.478 e.